The van der Waals surface area contributed by atoms with Crippen molar-refractivity contribution >= 4 is 16.2 Å². The third-order valence-electron chi connectivity index (χ3n) is 7.82. The molecule has 0 bridgehead atoms. The number of carbonyl (C=O) groups excluding carboxylic acids is 1. The highest BCUT2D eigenvalue weighted by Crippen LogP contribution is 2.54. The first-order valence-electron chi connectivity index (χ1n) is 13.7. The van der Waals surface area contributed by atoms with E-state index < -0.39 is 34.1 Å². The lowest BCUT2D eigenvalue weighted by molar-refractivity contribution is -0.137. The molecule has 0 spiro atoms. The summed E-state index contributed by atoms with van der Waals surface area (Å²) in [5, 5.41) is 0. The minimum Gasteiger partial charge on any atom is -0.473 e. The van der Waals surface area contributed by atoms with Crippen LogP contribution in [0.15, 0.2) is 66.7 Å². The fraction of sp³-hybridized carbons (Fsp3) is 0.438. The molecule has 2 aromatic carbocycles. The molecule has 41 heavy (non-hydrogen) atoms. The van der Waals surface area contributed by atoms with Crippen LogP contribution in [0.5, 0.6) is 5.88 Å². The van der Waals surface area contributed by atoms with Crippen LogP contribution in [0.3, 0.4) is 0 Å². The Hall–Kier alpha value is -3.04. The lowest BCUT2D eigenvalue weighted by Gasteiger charge is -2.45. The van der Waals surface area contributed by atoms with Gasteiger partial charge in [-0.25, -0.2) is 4.98 Å². The van der Waals surface area contributed by atoms with Crippen LogP contribution in [0.2, 0.25) is 0 Å². The predicted molar refractivity (Wildman–Crippen MR) is 158 cm³/mol. The number of nitrogens with zero attached hydrogens (tertiary/aromatic N) is 2. The molecule has 1 heterocycles. The maximum atomic E-state index is 14.1. The third-order valence-corrected chi connectivity index (χ3v) is 11.5. The molecule has 0 aliphatic heterocycles. The summed E-state index contributed by atoms with van der Waals surface area (Å²) in [5.41, 5.74) is 1.77. The van der Waals surface area contributed by atoms with Gasteiger partial charge in [0.25, 0.3) is 5.91 Å². The number of fused-ring (bicyclic) bond motifs is 1. The molecule has 2 atom stereocenters. The van der Waals surface area contributed by atoms with Gasteiger partial charge >= 0.3 is 6.18 Å². The molecule has 1 aliphatic rings. The Kier molecular flexibility index (Phi) is 9.09. The van der Waals surface area contributed by atoms with Gasteiger partial charge in [-0.1, -0.05) is 63.2 Å². The number of carbonyl (C=O) groups is 1. The predicted octanol–water partition coefficient (Wildman–Crippen LogP) is 7.99. The van der Waals surface area contributed by atoms with Gasteiger partial charge < -0.3 is 13.8 Å². The summed E-state index contributed by atoms with van der Waals surface area (Å²) >= 11 is 0. The summed E-state index contributed by atoms with van der Waals surface area (Å²) in [6.07, 6.45) is 0.801. The Balaban J connectivity index is 1.65. The summed E-state index contributed by atoms with van der Waals surface area (Å²) in [5.74, 6) is -0.0712. The van der Waals surface area contributed by atoms with Gasteiger partial charge in [0, 0.05) is 10.8 Å². The van der Waals surface area contributed by atoms with Gasteiger partial charge in [0.1, 0.15) is 12.3 Å². The molecule has 0 saturated heterocycles. The van der Waals surface area contributed by atoms with Crippen molar-refractivity contribution < 1.29 is 26.9 Å². The fourth-order valence-corrected chi connectivity index (χ4v) is 5.59. The lowest BCUT2D eigenvalue weighted by Crippen LogP contribution is -2.44. The van der Waals surface area contributed by atoms with E-state index in [0.29, 0.717) is 30.9 Å². The maximum Gasteiger partial charge on any atom is 0.416 e. The zero-order valence-corrected chi connectivity index (χ0v) is 25.3. The largest absolute Gasteiger partial charge is 0.473 e. The van der Waals surface area contributed by atoms with E-state index in [2.05, 4.69) is 38.3 Å². The molecule has 0 fully saturated rings. The van der Waals surface area contributed by atoms with Gasteiger partial charge in [0.2, 0.25) is 5.88 Å². The first kappa shape index (κ1) is 30.9. The normalized spacial score (nSPS) is 16.7. The molecule has 1 aliphatic carbocycles. The number of hydrogen-bond acceptors (Lipinski definition) is 4. The van der Waals surface area contributed by atoms with Crippen LogP contribution in [0.1, 0.15) is 72.9 Å². The van der Waals surface area contributed by atoms with E-state index in [-0.39, 0.29) is 23.0 Å². The van der Waals surface area contributed by atoms with Crippen molar-refractivity contribution in [1.82, 2.24) is 9.88 Å². The van der Waals surface area contributed by atoms with Crippen molar-refractivity contribution in [3.63, 3.8) is 0 Å². The Bertz CT molecular complexity index is 1360. The number of hydrogen-bond donors (Lipinski definition) is 0. The Labute approximate surface area is 242 Å². The van der Waals surface area contributed by atoms with Gasteiger partial charge in [-0.3, -0.25) is 4.79 Å². The van der Waals surface area contributed by atoms with Crippen molar-refractivity contribution in [2.45, 2.75) is 70.2 Å². The van der Waals surface area contributed by atoms with Crippen molar-refractivity contribution in [2.75, 3.05) is 19.1 Å². The van der Waals surface area contributed by atoms with Crippen LogP contribution < -0.4 is 4.74 Å². The topological polar surface area (TPSA) is 51.7 Å². The molecule has 5 nitrogen and oxygen atoms in total. The molecule has 0 radical (unpaired) electrons. The fourth-order valence-electron chi connectivity index (χ4n) is 4.70. The highest BCUT2D eigenvalue weighted by molar-refractivity contribution is 8.29. The highest BCUT2D eigenvalue weighted by Gasteiger charge is 2.39. The standard InChI is InChI=1S/C32H39F3N2O3S/c1-22(20-40-41(5,6)31(2,3)4)37(28-18-16-24-15-17-25(19-26(24)28)32(33,34)35)30(38)27-13-10-14-29(36-27)39-21-23-11-8-7-9-12-23/h7-15,17,19,22,28H,16,18,20-21H2,1-6H3. The van der Waals surface area contributed by atoms with Crippen molar-refractivity contribution in [3.05, 3.63) is 94.7 Å². The Morgan fingerprint density at radius 2 is 1.76 bits per heavy atom. The third kappa shape index (κ3) is 7.25. The SMILES string of the molecule is CC(COS(C)(C)C(C)(C)C)N(C(=O)c1cccc(OCc2ccccc2)n1)C1CCc2ccc(C(F)(F)F)cc21. The molecule has 3 aromatic rings. The average Bonchev–Trinajstić information content (AvgIpc) is 3.33. The Morgan fingerprint density at radius 1 is 1.05 bits per heavy atom. The number of benzene rings is 2. The molecular weight excluding hydrogens is 549 g/mol. The quantitative estimate of drug-likeness (QED) is 0.254. The number of aryl methyl sites for hydroxylation is 1. The molecular formula is C32H39F3N2O3S. The molecule has 4 rings (SSSR count). The van der Waals surface area contributed by atoms with Gasteiger partial charge in [-0.05, 0) is 67.2 Å². The zero-order valence-electron chi connectivity index (χ0n) is 24.5. The van der Waals surface area contributed by atoms with E-state index in [0.717, 1.165) is 17.2 Å². The van der Waals surface area contributed by atoms with Gasteiger partial charge in [0.05, 0.1) is 24.3 Å². The van der Waals surface area contributed by atoms with Crippen LogP contribution >= 0.6 is 10.3 Å². The summed E-state index contributed by atoms with van der Waals surface area (Å²) < 4.78 is 53.1. The minimum absolute atomic E-state index is 0.0882. The summed E-state index contributed by atoms with van der Waals surface area (Å²) in [4.78, 5) is 20.3. The number of pyridine rings is 1. The van der Waals surface area contributed by atoms with Crippen LogP contribution in [0, 0.1) is 0 Å². The number of alkyl halides is 3. The molecule has 1 amide bonds. The van der Waals surface area contributed by atoms with Gasteiger partial charge in [-0.2, -0.15) is 13.2 Å². The second-order valence-electron chi connectivity index (χ2n) is 11.8. The number of ether oxygens (including phenoxy) is 1. The first-order valence-corrected chi connectivity index (χ1v) is 16.1. The van der Waals surface area contributed by atoms with Crippen LogP contribution in [0.4, 0.5) is 13.2 Å². The molecule has 9 heteroatoms. The molecule has 0 N–H and O–H groups in total. The van der Waals surface area contributed by atoms with Crippen molar-refractivity contribution in [3.8, 4) is 5.88 Å². The molecule has 0 saturated carbocycles. The van der Waals surface area contributed by atoms with Gasteiger partial charge in [-0.15, -0.1) is 10.3 Å². The van der Waals surface area contributed by atoms with Crippen LogP contribution in [0.25, 0.3) is 0 Å². The average molecular weight is 589 g/mol. The monoisotopic (exact) mass is 588 g/mol. The van der Waals surface area contributed by atoms with Gasteiger partial charge in [0.15, 0.2) is 0 Å². The lowest BCUT2D eigenvalue weighted by atomic mass is 10.0. The van der Waals surface area contributed by atoms with E-state index >= 15 is 0 Å². The molecule has 2 unspecified atom stereocenters. The minimum atomic E-state index is -4.47. The summed E-state index contributed by atoms with van der Waals surface area (Å²) in [6, 6.07) is 17.5. The van der Waals surface area contributed by atoms with Crippen molar-refractivity contribution in [1.29, 1.82) is 0 Å². The number of rotatable bonds is 9. The van der Waals surface area contributed by atoms with E-state index in [1.807, 2.05) is 37.3 Å². The first-order chi connectivity index (χ1) is 19.2. The molecule has 1 aromatic heterocycles. The summed E-state index contributed by atoms with van der Waals surface area (Å²) in [6.45, 7) is 8.78. The van der Waals surface area contributed by atoms with E-state index in [9.17, 15) is 18.0 Å². The van der Waals surface area contributed by atoms with Crippen LogP contribution in [-0.4, -0.2) is 45.7 Å². The second-order valence-corrected chi connectivity index (χ2v) is 15.7. The van der Waals surface area contributed by atoms with Crippen LogP contribution in [-0.2, 0) is 23.4 Å². The molecule has 222 valence electrons. The smallest absolute Gasteiger partial charge is 0.416 e. The number of aromatic nitrogens is 1. The zero-order chi connectivity index (χ0) is 30.0. The number of halogens is 3. The second kappa shape index (κ2) is 12.1. The van der Waals surface area contributed by atoms with E-state index in [1.165, 1.54) is 12.1 Å². The number of amides is 1. The highest BCUT2D eigenvalue weighted by atomic mass is 32.3. The Morgan fingerprint density at radius 3 is 2.41 bits per heavy atom. The van der Waals surface area contributed by atoms with E-state index in [1.54, 1.807) is 23.1 Å². The van der Waals surface area contributed by atoms with E-state index in [4.69, 9.17) is 8.92 Å². The van der Waals surface area contributed by atoms with Crippen molar-refractivity contribution in [2.24, 2.45) is 0 Å². The summed E-state index contributed by atoms with van der Waals surface area (Å²) in [7, 11) is -1.49. The maximum absolute atomic E-state index is 14.1.